The van der Waals surface area contributed by atoms with Crippen LogP contribution in [0.3, 0.4) is 0 Å². The van der Waals surface area contributed by atoms with Crippen molar-refractivity contribution in [3.8, 4) is 5.75 Å². The summed E-state index contributed by atoms with van der Waals surface area (Å²) in [5.41, 5.74) is 0.850. The fourth-order valence-electron chi connectivity index (χ4n) is 3.28. The number of carbonyl (C=O) groups is 1. The zero-order chi connectivity index (χ0) is 20.1. The van der Waals surface area contributed by atoms with Crippen LogP contribution >= 0.6 is 11.6 Å². The van der Waals surface area contributed by atoms with Crippen molar-refractivity contribution in [3.05, 3.63) is 59.1 Å². The molecule has 8 heteroatoms. The van der Waals surface area contributed by atoms with E-state index in [1.54, 1.807) is 0 Å². The molecule has 0 aromatic heterocycles. The van der Waals surface area contributed by atoms with Gasteiger partial charge in [-0.3, -0.25) is 4.79 Å². The van der Waals surface area contributed by atoms with Crippen LogP contribution in [-0.4, -0.2) is 37.8 Å². The molecule has 150 valence electrons. The predicted molar refractivity (Wildman–Crippen MR) is 108 cm³/mol. The molecule has 0 spiro atoms. The lowest BCUT2D eigenvalue weighted by molar-refractivity contribution is -0.124. The van der Waals surface area contributed by atoms with Gasteiger partial charge in [0.05, 0.1) is 11.5 Å². The maximum atomic E-state index is 13.0. The van der Waals surface area contributed by atoms with E-state index in [0.29, 0.717) is 36.8 Å². The normalized spacial score (nSPS) is 17.4. The molecule has 2 aromatic carbocycles. The SMILES string of the molecule is CCOc1ccccc1CNC(=O)[C@H]1CCCN1S(=O)(=O)c1ccc(Cl)cc1. The largest absolute Gasteiger partial charge is 0.494 e. The molecule has 1 fully saturated rings. The van der Waals surface area contributed by atoms with Crippen molar-refractivity contribution < 1.29 is 17.9 Å². The van der Waals surface area contributed by atoms with Crippen LogP contribution < -0.4 is 10.1 Å². The summed E-state index contributed by atoms with van der Waals surface area (Å²) >= 11 is 5.85. The Balaban J connectivity index is 1.72. The molecule has 1 saturated heterocycles. The average Bonchev–Trinajstić information content (AvgIpc) is 3.18. The number of hydrogen-bond acceptors (Lipinski definition) is 4. The molecule has 1 amide bonds. The minimum absolute atomic E-state index is 0.137. The fourth-order valence-corrected chi connectivity index (χ4v) is 5.06. The van der Waals surface area contributed by atoms with Gasteiger partial charge >= 0.3 is 0 Å². The van der Waals surface area contributed by atoms with Crippen molar-refractivity contribution in [2.45, 2.75) is 37.2 Å². The number of amides is 1. The predicted octanol–water partition coefficient (Wildman–Crippen LogP) is 3.21. The first-order chi connectivity index (χ1) is 13.4. The first kappa shape index (κ1) is 20.6. The van der Waals surface area contributed by atoms with E-state index >= 15 is 0 Å². The highest BCUT2D eigenvalue weighted by atomic mass is 35.5. The summed E-state index contributed by atoms with van der Waals surface area (Å²) in [6.07, 6.45) is 1.13. The molecular weight excluding hydrogens is 400 g/mol. The van der Waals surface area contributed by atoms with Crippen molar-refractivity contribution in [1.82, 2.24) is 9.62 Å². The molecular formula is C20H23ClN2O4S. The fraction of sp³-hybridized carbons (Fsp3) is 0.350. The van der Waals surface area contributed by atoms with Gasteiger partial charge in [-0.15, -0.1) is 0 Å². The van der Waals surface area contributed by atoms with Gasteiger partial charge in [-0.25, -0.2) is 8.42 Å². The summed E-state index contributed by atoms with van der Waals surface area (Å²) in [7, 11) is -3.76. The molecule has 1 aliphatic rings. The van der Waals surface area contributed by atoms with Gasteiger partial charge in [-0.1, -0.05) is 29.8 Å². The molecule has 28 heavy (non-hydrogen) atoms. The Morgan fingerprint density at radius 3 is 2.64 bits per heavy atom. The Morgan fingerprint density at radius 1 is 1.21 bits per heavy atom. The van der Waals surface area contributed by atoms with Crippen LogP contribution in [0.5, 0.6) is 5.75 Å². The standard InChI is InChI=1S/C20H23ClN2O4S/c1-2-27-19-8-4-3-6-15(19)14-22-20(24)18-7-5-13-23(18)28(25,26)17-11-9-16(21)10-12-17/h3-4,6,8-12,18H,2,5,7,13-14H2,1H3,(H,22,24)/t18-/m1/s1. The lowest BCUT2D eigenvalue weighted by atomic mass is 10.2. The van der Waals surface area contributed by atoms with Crippen LogP contribution in [0.15, 0.2) is 53.4 Å². The molecule has 1 heterocycles. The molecule has 0 bridgehead atoms. The Kier molecular flexibility index (Phi) is 6.59. The number of halogens is 1. The Morgan fingerprint density at radius 2 is 1.93 bits per heavy atom. The first-order valence-electron chi connectivity index (χ1n) is 9.19. The van der Waals surface area contributed by atoms with Gasteiger partial charge in [-0.05, 0) is 50.1 Å². The highest BCUT2D eigenvalue weighted by molar-refractivity contribution is 7.89. The zero-order valence-electron chi connectivity index (χ0n) is 15.6. The summed E-state index contributed by atoms with van der Waals surface area (Å²) in [6.45, 7) is 3.02. The van der Waals surface area contributed by atoms with Gasteiger partial charge in [0.1, 0.15) is 11.8 Å². The van der Waals surface area contributed by atoms with Gasteiger partial charge in [0, 0.05) is 23.7 Å². The minimum atomic E-state index is -3.76. The van der Waals surface area contributed by atoms with Gasteiger partial charge in [0.25, 0.3) is 0 Å². The second kappa shape index (κ2) is 8.94. The maximum absolute atomic E-state index is 13.0. The van der Waals surface area contributed by atoms with Crippen molar-refractivity contribution in [3.63, 3.8) is 0 Å². The highest BCUT2D eigenvalue weighted by Crippen LogP contribution is 2.27. The number of nitrogens with one attached hydrogen (secondary N) is 1. The topological polar surface area (TPSA) is 75.7 Å². The van der Waals surface area contributed by atoms with Crippen LogP contribution in [0, 0.1) is 0 Å². The zero-order valence-corrected chi connectivity index (χ0v) is 17.2. The summed E-state index contributed by atoms with van der Waals surface area (Å²) in [5, 5.41) is 3.32. The summed E-state index contributed by atoms with van der Waals surface area (Å²) < 4.78 is 32.8. The second-order valence-corrected chi connectivity index (χ2v) is 8.81. The molecule has 0 radical (unpaired) electrons. The smallest absolute Gasteiger partial charge is 0.243 e. The van der Waals surface area contributed by atoms with E-state index in [4.69, 9.17) is 16.3 Å². The third-order valence-corrected chi connectivity index (χ3v) is 6.83. The van der Waals surface area contributed by atoms with Crippen LogP contribution in [0.4, 0.5) is 0 Å². The summed E-state index contributed by atoms with van der Waals surface area (Å²) in [4.78, 5) is 12.9. The molecule has 0 aliphatic carbocycles. The monoisotopic (exact) mass is 422 g/mol. The van der Waals surface area contributed by atoms with E-state index in [-0.39, 0.29) is 17.3 Å². The van der Waals surface area contributed by atoms with E-state index in [9.17, 15) is 13.2 Å². The number of ether oxygens (including phenoxy) is 1. The first-order valence-corrected chi connectivity index (χ1v) is 11.0. The van der Waals surface area contributed by atoms with Crippen molar-refractivity contribution in [2.75, 3.05) is 13.2 Å². The number of para-hydroxylation sites is 1. The molecule has 3 rings (SSSR count). The molecule has 1 aliphatic heterocycles. The van der Waals surface area contributed by atoms with Gasteiger partial charge < -0.3 is 10.1 Å². The van der Waals surface area contributed by atoms with Gasteiger partial charge in [0.2, 0.25) is 15.9 Å². The van der Waals surface area contributed by atoms with Crippen molar-refractivity contribution in [2.24, 2.45) is 0 Å². The second-order valence-electron chi connectivity index (χ2n) is 6.49. The number of sulfonamides is 1. The van der Waals surface area contributed by atoms with Crippen LogP contribution in [-0.2, 0) is 21.4 Å². The lowest BCUT2D eigenvalue weighted by Crippen LogP contribution is -2.45. The quantitative estimate of drug-likeness (QED) is 0.743. The van der Waals surface area contributed by atoms with Crippen LogP contribution in [0.2, 0.25) is 5.02 Å². The van der Waals surface area contributed by atoms with E-state index in [1.807, 2.05) is 31.2 Å². The van der Waals surface area contributed by atoms with Crippen LogP contribution in [0.1, 0.15) is 25.3 Å². The number of hydrogen-bond donors (Lipinski definition) is 1. The molecule has 0 saturated carbocycles. The van der Waals surface area contributed by atoms with E-state index in [1.165, 1.54) is 28.6 Å². The lowest BCUT2D eigenvalue weighted by Gasteiger charge is -2.23. The molecule has 0 unspecified atom stereocenters. The number of benzene rings is 2. The van der Waals surface area contributed by atoms with Crippen molar-refractivity contribution >= 4 is 27.5 Å². The molecule has 2 aromatic rings. The van der Waals surface area contributed by atoms with Gasteiger partial charge in [0.15, 0.2) is 0 Å². The molecule has 1 N–H and O–H groups in total. The van der Waals surface area contributed by atoms with E-state index in [0.717, 1.165) is 5.56 Å². The highest BCUT2D eigenvalue weighted by Gasteiger charge is 2.39. The Bertz CT molecular complexity index is 931. The minimum Gasteiger partial charge on any atom is -0.494 e. The summed E-state index contributed by atoms with van der Waals surface area (Å²) in [6, 6.07) is 12.7. The molecule has 6 nitrogen and oxygen atoms in total. The number of carbonyl (C=O) groups excluding carboxylic acids is 1. The number of rotatable bonds is 7. The third-order valence-electron chi connectivity index (χ3n) is 4.65. The van der Waals surface area contributed by atoms with E-state index in [2.05, 4.69) is 5.32 Å². The van der Waals surface area contributed by atoms with Gasteiger partial charge in [-0.2, -0.15) is 4.31 Å². The van der Waals surface area contributed by atoms with E-state index < -0.39 is 16.1 Å². The molecule has 1 atom stereocenters. The maximum Gasteiger partial charge on any atom is 0.243 e. The Hall–Kier alpha value is -2.09. The summed E-state index contributed by atoms with van der Waals surface area (Å²) in [5.74, 6) is 0.406. The Labute approximate surface area is 170 Å². The van der Waals surface area contributed by atoms with Crippen LogP contribution in [0.25, 0.3) is 0 Å². The third kappa shape index (κ3) is 4.48. The number of nitrogens with zero attached hydrogens (tertiary/aromatic N) is 1. The average molecular weight is 423 g/mol. The van der Waals surface area contributed by atoms with Crippen molar-refractivity contribution in [1.29, 1.82) is 0 Å².